The third-order valence-corrected chi connectivity index (χ3v) is 2.45. The van der Waals surface area contributed by atoms with Crippen LogP contribution in [0.4, 0.5) is 0 Å². The first-order valence-electron chi connectivity index (χ1n) is 4.37. The van der Waals surface area contributed by atoms with E-state index in [0.29, 0.717) is 0 Å². The molecule has 0 fully saturated rings. The highest BCUT2D eigenvalue weighted by Gasteiger charge is 2.01. The minimum absolute atomic E-state index is 1.04. The normalized spacial score (nSPS) is 10.7. The summed E-state index contributed by atoms with van der Waals surface area (Å²) in [6, 6.07) is 4.26. The van der Waals surface area contributed by atoms with Crippen LogP contribution in [-0.2, 0) is 0 Å². The molecular weight excluding hydrogens is 160 g/mol. The molecule has 0 unspecified atom stereocenters. The number of benzene rings is 1. The van der Waals surface area contributed by atoms with Crippen molar-refractivity contribution in [2.75, 3.05) is 0 Å². The van der Waals surface area contributed by atoms with Gasteiger partial charge in [-0.25, -0.2) is 9.97 Å². The summed E-state index contributed by atoms with van der Waals surface area (Å²) in [5.74, 6) is 0. The highest BCUT2D eigenvalue weighted by molar-refractivity contribution is 5.82. The number of aromatic nitrogens is 2. The minimum Gasteiger partial charge on any atom is -0.241 e. The van der Waals surface area contributed by atoms with Crippen LogP contribution >= 0.6 is 0 Å². The predicted octanol–water partition coefficient (Wildman–Crippen LogP) is 2.56. The SMILES string of the molecule is Cc1cc2ncnc(C)c2cc1C. The van der Waals surface area contributed by atoms with E-state index in [-0.39, 0.29) is 0 Å². The van der Waals surface area contributed by atoms with Gasteiger partial charge in [-0.1, -0.05) is 0 Å². The molecule has 0 bridgehead atoms. The molecule has 0 aliphatic rings. The molecule has 0 amide bonds. The first-order chi connectivity index (χ1) is 6.18. The van der Waals surface area contributed by atoms with Crippen LogP contribution in [0.15, 0.2) is 18.5 Å². The van der Waals surface area contributed by atoms with Crippen molar-refractivity contribution >= 4 is 10.9 Å². The molecule has 2 rings (SSSR count). The summed E-state index contributed by atoms with van der Waals surface area (Å²) < 4.78 is 0. The summed E-state index contributed by atoms with van der Waals surface area (Å²) in [6.07, 6.45) is 1.62. The third-order valence-electron chi connectivity index (χ3n) is 2.45. The summed E-state index contributed by atoms with van der Waals surface area (Å²) in [7, 11) is 0. The number of nitrogens with zero attached hydrogens (tertiary/aromatic N) is 2. The van der Waals surface area contributed by atoms with Gasteiger partial charge in [0.15, 0.2) is 0 Å². The Kier molecular flexibility index (Phi) is 1.76. The average Bonchev–Trinajstić information content (AvgIpc) is 2.09. The molecule has 13 heavy (non-hydrogen) atoms. The Labute approximate surface area is 77.6 Å². The zero-order valence-corrected chi connectivity index (χ0v) is 8.13. The summed E-state index contributed by atoms with van der Waals surface area (Å²) in [6.45, 7) is 6.23. The van der Waals surface area contributed by atoms with Crippen LogP contribution < -0.4 is 0 Å². The lowest BCUT2D eigenvalue weighted by atomic mass is 10.1. The molecule has 1 aromatic carbocycles. The maximum Gasteiger partial charge on any atom is 0.116 e. The van der Waals surface area contributed by atoms with E-state index < -0.39 is 0 Å². The molecule has 1 aromatic heterocycles. The summed E-state index contributed by atoms with van der Waals surface area (Å²) in [5, 5.41) is 1.16. The van der Waals surface area contributed by atoms with Crippen LogP contribution in [0.5, 0.6) is 0 Å². The van der Waals surface area contributed by atoms with Gasteiger partial charge >= 0.3 is 0 Å². The van der Waals surface area contributed by atoms with E-state index >= 15 is 0 Å². The van der Waals surface area contributed by atoms with E-state index in [0.717, 1.165) is 16.6 Å². The molecule has 0 aliphatic carbocycles. The number of fused-ring (bicyclic) bond motifs is 1. The van der Waals surface area contributed by atoms with Gasteiger partial charge in [0.1, 0.15) is 6.33 Å². The van der Waals surface area contributed by atoms with Gasteiger partial charge in [0.25, 0.3) is 0 Å². The molecule has 2 heteroatoms. The van der Waals surface area contributed by atoms with Crippen LogP contribution in [0.1, 0.15) is 16.8 Å². The molecule has 1 heterocycles. The number of aryl methyl sites for hydroxylation is 3. The first-order valence-corrected chi connectivity index (χ1v) is 4.37. The molecule has 0 atom stereocenters. The van der Waals surface area contributed by atoms with Gasteiger partial charge in [-0.3, -0.25) is 0 Å². The largest absolute Gasteiger partial charge is 0.241 e. The lowest BCUT2D eigenvalue weighted by molar-refractivity contribution is 1.15. The Balaban J connectivity index is 2.89. The van der Waals surface area contributed by atoms with Crippen molar-refractivity contribution in [2.45, 2.75) is 20.8 Å². The Morgan fingerprint density at radius 1 is 0.923 bits per heavy atom. The van der Waals surface area contributed by atoms with Crippen molar-refractivity contribution in [1.29, 1.82) is 0 Å². The highest BCUT2D eigenvalue weighted by Crippen LogP contribution is 2.18. The van der Waals surface area contributed by atoms with Crippen molar-refractivity contribution in [1.82, 2.24) is 9.97 Å². The molecule has 0 radical (unpaired) electrons. The first kappa shape index (κ1) is 8.17. The maximum atomic E-state index is 4.23. The summed E-state index contributed by atoms with van der Waals surface area (Å²) in [4.78, 5) is 8.40. The van der Waals surface area contributed by atoms with Gasteiger partial charge in [-0.2, -0.15) is 0 Å². The minimum atomic E-state index is 1.04. The van der Waals surface area contributed by atoms with Gasteiger partial charge in [-0.05, 0) is 44.0 Å². The Bertz CT molecular complexity index is 461. The topological polar surface area (TPSA) is 25.8 Å². The maximum absolute atomic E-state index is 4.23. The van der Waals surface area contributed by atoms with Crippen molar-refractivity contribution in [3.8, 4) is 0 Å². The van der Waals surface area contributed by atoms with Crippen LogP contribution in [-0.4, -0.2) is 9.97 Å². The predicted molar refractivity (Wildman–Crippen MR) is 53.7 cm³/mol. The van der Waals surface area contributed by atoms with Crippen LogP contribution in [0.25, 0.3) is 10.9 Å². The van der Waals surface area contributed by atoms with Gasteiger partial charge in [0.2, 0.25) is 0 Å². The standard InChI is InChI=1S/C11H12N2/c1-7-4-10-9(3)12-6-13-11(10)5-8(7)2/h4-6H,1-3H3. The smallest absolute Gasteiger partial charge is 0.116 e. The van der Waals surface area contributed by atoms with E-state index in [4.69, 9.17) is 0 Å². The quantitative estimate of drug-likeness (QED) is 0.610. The second-order valence-electron chi connectivity index (χ2n) is 3.41. The molecule has 0 aliphatic heterocycles. The third kappa shape index (κ3) is 1.28. The van der Waals surface area contributed by atoms with E-state index in [1.807, 2.05) is 6.92 Å². The van der Waals surface area contributed by atoms with E-state index in [9.17, 15) is 0 Å². The number of rotatable bonds is 0. The van der Waals surface area contributed by atoms with Crippen molar-refractivity contribution in [3.05, 3.63) is 35.3 Å². The zero-order valence-electron chi connectivity index (χ0n) is 8.13. The fourth-order valence-corrected chi connectivity index (χ4v) is 1.44. The average molecular weight is 172 g/mol. The van der Waals surface area contributed by atoms with Crippen LogP contribution in [0.3, 0.4) is 0 Å². The molecule has 66 valence electrons. The monoisotopic (exact) mass is 172 g/mol. The molecule has 0 spiro atoms. The van der Waals surface area contributed by atoms with Crippen molar-refractivity contribution in [3.63, 3.8) is 0 Å². The van der Waals surface area contributed by atoms with Gasteiger partial charge in [0.05, 0.1) is 5.52 Å². The van der Waals surface area contributed by atoms with Gasteiger partial charge < -0.3 is 0 Å². The highest BCUT2D eigenvalue weighted by atomic mass is 14.8. The van der Waals surface area contributed by atoms with E-state index in [1.54, 1.807) is 6.33 Å². The molecule has 0 N–H and O–H groups in total. The lowest BCUT2D eigenvalue weighted by Gasteiger charge is -2.04. The Morgan fingerprint density at radius 2 is 1.62 bits per heavy atom. The fourth-order valence-electron chi connectivity index (χ4n) is 1.44. The second-order valence-corrected chi connectivity index (χ2v) is 3.41. The van der Waals surface area contributed by atoms with Gasteiger partial charge in [0, 0.05) is 11.1 Å². The lowest BCUT2D eigenvalue weighted by Crippen LogP contribution is -1.89. The number of hydrogen-bond acceptors (Lipinski definition) is 2. The Morgan fingerprint density at radius 3 is 2.38 bits per heavy atom. The molecule has 2 aromatic rings. The number of hydrogen-bond donors (Lipinski definition) is 0. The van der Waals surface area contributed by atoms with E-state index in [1.165, 1.54) is 11.1 Å². The summed E-state index contributed by atoms with van der Waals surface area (Å²) in [5.41, 5.74) is 4.67. The van der Waals surface area contributed by atoms with Gasteiger partial charge in [-0.15, -0.1) is 0 Å². The van der Waals surface area contributed by atoms with Crippen LogP contribution in [0, 0.1) is 20.8 Å². The molecular formula is C11H12N2. The summed E-state index contributed by atoms with van der Waals surface area (Å²) >= 11 is 0. The molecule has 0 saturated heterocycles. The molecule has 0 saturated carbocycles. The van der Waals surface area contributed by atoms with Crippen LogP contribution in [0.2, 0.25) is 0 Å². The van der Waals surface area contributed by atoms with E-state index in [2.05, 4.69) is 35.9 Å². The second kappa shape index (κ2) is 2.80. The molecule has 2 nitrogen and oxygen atoms in total. The zero-order chi connectivity index (χ0) is 9.42. The van der Waals surface area contributed by atoms with Crippen molar-refractivity contribution < 1.29 is 0 Å². The van der Waals surface area contributed by atoms with Crippen molar-refractivity contribution in [2.24, 2.45) is 0 Å². The Hall–Kier alpha value is -1.44. The fraction of sp³-hybridized carbons (Fsp3) is 0.273.